The summed E-state index contributed by atoms with van der Waals surface area (Å²) in [6, 6.07) is 49.5. The Kier molecular flexibility index (Phi) is 26.6. The van der Waals surface area contributed by atoms with Crippen LogP contribution in [-0.2, 0) is 18.0 Å². The minimum Gasteiger partial charge on any atom is -0.392 e. The van der Waals surface area contributed by atoms with Gasteiger partial charge in [0.05, 0.1) is 75.8 Å². The highest BCUT2D eigenvalue weighted by Crippen LogP contribution is 2.38. The summed E-state index contributed by atoms with van der Waals surface area (Å²) in [5.41, 5.74) is 14.8. The molecule has 0 aliphatic rings. The van der Waals surface area contributed by atoms with Gasteiger partial charge < -0.3 is 31.3 Å². The Hall–Kier alpha value is -13.3. The molecule has 0 atom stereocenters. The summed E-state index contributed by atoms with van der Waals surface area (Å²) in [6.45, 7) is 29.4. The standard InChI is InChI=1S/C25H27FN6O2.C25H29FN6.C23H24FN5O.C20H20FN5S/c1-25(2,3)15-28-24-27-13-12-20(29-24)22-19-11-6-16(23(33)31(4)34-5)14-21(19)30-32(22)18-9-7-17(26)8-10-18;1-25(2,3)16-28-24-27-13-12-21(29-24)23-20-11-6-17(15-31(4)5)14-22(20)30-32(23)19-9-7-18(26)8-10-19;1-23(2,3)14-26-22-25-11-10-19(27-22)21-18-9-4-15(13-30)12-20(18)28-29(21)17-7-5-16(24)6-8-17;1-20(2,3)12-23-18-22-9-8-15(24-18)17-16(13-4-6-14(21)7-5-13)25-19-26(17)10-11-27-19/h6-14H,15H2,1-5H3,(H,27,28,29);6-14H,15-16H2,1-5H3,(H,27,28,29);4-12,30H,13-14H2,1-3H3,(H,25,26,27);4-11H,12H2,1-3H3,(H,22,23,24). The van der Waals surface area contributed by atoms with Gasteiger partial charge in [0.25, 0.3) is 5.91 Å². The molecule has 16 aromatic rings. The molecule has 9 aromatic heterocycles. The third kappa shape index (κ3) is 22.3. The van der Waals surface area contributed by atoms with Gasteiger partial charge >= 0.3 is 0 Å². The summed E-state index contributed by atoms with van der Waals surface area (Å²) >= 11 is 1.55. The van der Waals surface area contributed by atoms with Gasteiger partial charge in [-0.05, 0) is 199 Å². The van der Waals surface area contributed by atoms with E-state index in [9.17, 15) is 27.5 Å². The molecule has 634 valence electrons. The van der Waals surface area contributed by atoms with Gasteiger partial charge in [-0.2, -0.15) is 15.3 Å². The molecule has 0 radical (unpaired) electrons. The van der Waals surface area contributed by atoms with Crippen LogP contribution in [0.5, 0.6) is 0 Å². The molecule has 7 aromatic carbocycles. The molecule has 0 saturated heterocycles. The molecule has 123 heavy (non-hydrogen) atoms. The number of thiazole rings is 1. The van der Waals surface area contributed by atoms with Gasteiger partial charge in [0.15, 0.2) is 4.96 Å². The average molecular weight is 1680 g/mol. The van der Waals surface area contributed by atoms with Crippen molar-refractivity contribution < 1.29 is 32.3 Å². The third-order valence-electron chi connectivity index (χ3n) is 18.9. The van der Waals surface area contributed by atoms with Crippen molar-refractivity contribution in [1.82, 2.24) is 88.6 Å². The minimum atomic E-state index is -0.340. The number of aromatic nitrogens is 16. The SMILES string of the molecule is CC(C)(C)CNc1nccc(-c2c(-c3ccc(F)cc3)nc3sccn23)n1.CC(C)(C)CNc1nccc(-c2c3ccc(CO)cc3nn2-c2ccc(F)cc2)n1.CN(C)Cc1ccc2c(-c3ccnc(NCC(C)(C)C)n3)n(-c3ccc(F)cc3)nc2c1.CON(C)C(=O)c1ccc2c(-c3ccnc(NCC(C)(C)C)n3)n(-c3ccc(F)cc3)nc2c1. The monoisotopic (exact) mass is 1680 g/mol. The van der Waals surface area contributed by atoms with Crippen LogP contribution in [0.1, 0.15) is 105 Å². The number of anilines is 4. The first kappa shape index (κ1) is 87.5. The van der Waals surface area contributed by atoms with Gasteiger partial charge in [-0.3, -0.25) is 14.0 Å². The number of benzene rings is 7. The van der Waals surface area contributed by atoms with Crippen molar-refractivity contribution in [2.24, 2.45) is 21.7 Å². The Labute approximate surface area is 715 Å². The number of carbonyl (C=O) groups is 1. The van der Waals surface area contributed by atoms with Crippen molar-refractivity contribution in [1.29, 1.82) is 0 Å². The Bertz CT molecular complexity index is 6340. The molecule has 5 N–H and O–H groups in total. The number of aliphatic hydroxyl groups is 1. The van der Waals surface area contributed by atoms with Crippen molar-refractivity contribution in [3.05, 3.63) is 252 Å². The van der Waals surface area contributed by atoms with Gasteiger partial charge in [-0.15, -0.1) is 11.3 Å². The molecule has 0 spiro atoms. The first-order valence-electron chi connectivity index (χ1n) is 40.0. The summed E-state index contributed by atoms with van der Waals surface area (Å²) < 4.78 is 61.3. The zero-order valence-corrected chi connectivity index (χ0v) is 72.5. The van der Waals surface area contributed by atoms with E-state index in [1.54, 1.807) is 119 Å². The number of hydroxylamine groups is 2. The highest BCUT2D eigenvalue weighted by atomic mass is 32.1. The molecule has 30 heteroatoms. The lowest BCUT2D eigenvalue weighted by atomic mass is 9.97. The van der Waals surface area contributed by atoms with E-state index in [-0.39, 0.29) is 57.4 Å². The maximum Gasteiger partial charge on any atom is 0.277 e. The van der Waals surface area contributed by atoms with E-state index in [1.807, 2.05) is 77.2 Å². The molecule has 1 amide bonds. The van der Waals surface area contributed by atoms with E-state index >= 15 is 0 Å². The van der Waals surface area contributed by atoms with Crippen molar-refractivity contribution in [3.63, 3.8) is 0 Å². The molecular formula is C93H100F4N22O3S. The number of rotatable bonds is 21. The number of carbonyl (C=O) groups excluding carboxylic acids is 1. The molecule has 0 fully saturated rings. The summed E-state index contributed by atoms with van der Waals surface area (Å²) in [7, 11) is 7.06. The molecule has 0 aliphatic heterocycles. The van der Waals surface area contributed by atoms with E-state index in [0.717, 1.165) is 120 Å². The van der Waals surface area contributed by atoms with Gasteiger partial charge in [0.2, 0.25) is 23.8 Å². The van der Waals surface area contributed by atoms with E-state index < -0.39 is 0 Å². The van der Waals surface area contributed by atoms with E-state index in [0.29, 0.717) is 64.2 Å². The van der Waals surface area contributed by atoms with Crippen LogP contribution in [-0.4, -0.2) is 154 Å². The van der Waals surface area contributed by atoms with Crippen LogP contribution in [0.2, 0.25) is 0 Å². The zero-order chi connectivity index (χ0) is 87.7. The maximum atomic E-state index is 13.6. The molecule has 0 saturated carbocycles. The summed E-state index contributed by atoms with van der Waals surface area (Å²) in [5, 5.41) is 42.8. The number of amides is 1. The molecule has 0 unspecified atom stereocenters. The fourth-order valence-electron chi connectivity index (χ4n) is 12.9. The molecule has 16 rings (SSSR count). The van der Waals surface area contributed by atoms with Crippen LogP contribution in [0.15, 0.2) is 212 Å². The van der Waals surface area contributed by atoms with Gasteiger partial charge in [0.1, 0.15) is 46.0 Å². The summed E-state index contributed by atoms with van der Waals surface area (Å²) in [5.74, 6) is 0.698. The maximum absolute atomic E-state index is 13.6. The zero-order valence-electron chi connectivity index (χ0n) is 71.7. The number of hydrogen-bond donors (Lipinski definition) is 5. The normalized spacial score (nSPS) is 11.8. The second kappa shape index (κ2) is 37.4. The van der Waals surface area contributed by atoms with Crippen molar-refractivity contribution in [3.8, 4) is 73.9 Å². The second-order valence-electron chi connectivity index (χ2n) is 34.6. The predicted molar refractivity (Wildman–Crippen MR) is 480 cm³/mol. The van der Waals surface area contributed by atoms with Crippen LogP contribution >= 0.6 is 11.3 Å². The van der Waals surface area contributed by atoms with Crippen LogP contribution in [0, 0.1) is 44.9 Å². The highest BCUT2D eigenvalue weighted by molar-refractivity contribution is 7.15. The lowest BCUT2D eigenvalue weighted by Gasteiger charge is -2.18. The molecule has 0 aliphatic carbocycles. The Morgan fingerprint density at radius 1 is 0.431 bits per heavy atom. The summed E-state index contributed by atoms with van der Waals surface area (Å²) in [6.07, 6.45) is 8.87. The fourth-order valence-corrected chi connectivity index (χ4v) is 13.6. The van der Waals surface area contributed by atoms with E-state index in [1.165, 1.54) is 61.2 Å². The van der Waals surface area contributed by atoms with Gasteiger partial charge in [0, 0.05) is 103 Å². The van der Waals surface area contributed by atoms with E-state index in [4.69, 9.17) is 45.1 Å². The number of halogens is 4. The predicted octanol–water partition coefficient (Wildman–Crippen LogP) is 19.5. The summed E-state index contributed by atoms with van der Waals surface area (Å²) in [4.78, 5) is 61.6. The van der Waals surface area contributed by atoms with Crippen molar-refractivity contribution in [2.45, 2.75) is 96.2 Å². The molecule has 0 bridgehead atoms. The first-order chi connectivity index (χ1) is 58.6. The second-order valence-corrected chi connectivity index (χ2v) is 35.5. The van der Waals surface area contributed by atoms with Crippen LogP contribution in [0.4, 0.5) is 41.4 Å². The highest BCUT2D eigenvalue weighted by Gasteiger charge is 2.26. The number of aliphatic hydroxyl groups excluding tert-OH is 1. The van der Waals surface area contributed by atoms with Crippen molar-refractivity contribution in [2.75, 3.05) is 75.7 Å². The Balaban J connectivity index is 0.000000142. The minimum absolute atomic E-state index is 0.0558. The Morgan fingerprint density at radius 2 is 0.772 bits per heavy atom. The number of fused-ring (bicyclic) bond motifs is 4. The fraction of sp³-hybridized carbons (Fsp3) is 0.280. The number of nitrogens with one attached hydrogen (secondary N) is 4. The number of hydrogen-bond acceptors (Lipinski definition) is 21. The van der Waals surface area contributed by atoms with Gasteiger partial charge in [-0.25, -0.2) is 81.5 Å². The molecule has 9 heterocycles. The number of imidazole rings is 1. The largest absolute Gasteiger partial charge is 0.392 e. The van der Waals surface area contributed by atoms with E-state index in [2.05, 4.69) is 147 Å². The topological polar surface area (TPSA) is 275 Å². The first-order valence-corrected chi connectivity index (χ1v) is 40.9. The third-order valence-corrected chi connectivity index (χ3v) is 19.7. The van der Waals surface area contributed by atoms with Crippen LogP contribution < -0.4 is 21.3 Å². The lowest BCUT2D eigenvalue weighted by molar-refractivity contribution is -0.0756. The average Bonchev–Trinajstić information content (AvgIpc) is 1.62. The lowest BCUT2D eigenvalue weighted by Crippen LogP contribution is -2.25. The van der Waals surface area contributed by atoms with Crippen molar-refractivity contribution >= 4 is 78.7 Å². The molecular weight excluding hydrogens is 1580 g/mol. The molecule has 25 nitrogen and oxygen atoms in total. The van der Waals surface area contributed by atoms with Crippen LogP contribution in [0.25, 0.3) is 112 Å². The Morgan fingerprint density at radius 3 is 1.13 bits per heavy atom. The van der Waals surface area contributed by atoms with Gasteiger partial charge in [-0.1, -0.05) is 107 Å². The quantitative estimate of drug-likeness (QED) is 0.0330. The smallest absolute Gasteiger partial charge is 0.277 e. The van der Waals surface area contributed by atoms with Crippen LogP contribution in [0.3, 0.4) is 0 Å². The number of nitrogens with zero attached hydrogens (tertiary/aromatic N) is 18.